The number of carbonyl (C=O) groups is 1. The number of hydrogen-bond donors (Lipinski definition) is 0. The van der Waals surface area contributed by atoms with E-state index in [1.807, 2.05) is 20.8 Å². The molecule has 0 aromatic heterocycles. The van der Waals surface area contributed by atoms with E-state index in [4.69, 9.17) is 9.47 Å². The van der Waals surface area contributed by atoms with E-state index in [-0.39, 0.29) is 18.1 Å². The van der Waals surface area contributed by atoms with Crippen molar-refractivity contribution >= 4 is 17.2 Å². The maximum absolute atomic E-state index is 11.8. The van der Waals surface area contributed by atoms with E-state index in [1.54, 1.807) is 4.90 Å². The van der Waals surface area contributed by atoms with Gasteiger partial charge in [0.15, 0.2) is 0 Å². The first kappa shape index (κ1) is 15.4. The minimum atomic E-state index is -2.18. The fourth-order valence-corrected chi connectivity index (χ4v) is 1.99. The smallest absolute Gasteiger partial charge is 0.410 e. The van der Waals surface area contributed by atoms with Crippen LogP contribution in [0.1, 0.15) is 33.6 Å². The van der Waals surface area contributed by atoms with E-state index >= 15 is 0 Å². The highest BCUT2D eigenvalue weighted by atomic mass is 32.2. The topological polar surface area (TPSA) is 78.9 Å². The second kappa shape index (κ2) is 6.49. The molecule has 0 N–H and O–H groups in total. The summed E-state index contributed by atoms with van der Waals surface area (Å²) in [5, 5.41) is 0. The normalized spacial score (nSPS) is 19.7. The average molecular weight is 278 g/mol. The molecule has 1 fully saturated rings. The number of rotatable bonds is 3. The van der Waals surface area contributed by atoms with Crippen molar-refractivity contribution in [3.8, 4) is 0 Å². The Kier molecular flexibility index (Phi) is 5.55. The third kappa shape index (κ3) is 5.79. The number of hydrogen-bond acceptors (Lipinski definition) is 5. The Morgan fingerprint density at radius 2 is 1.94 bits per heavy atom. The molecule has 0 saturated carbocycles. The summed E-state index contributed by atoms with van der Waals surface area (Å²) >= 11 is -2.18. The molecule has 0 aromatic rings. The van der Waals surface area contributed by atoms with Gasteiger partial charge in [-0.15, -0.1) is 0 Å². The quantitative estimate of drug-likeness (QED) is 0.726. The van der Waals surface area contributed by atoms with Crippen LogP contribution in [-0.2, 0) is 20.6 Å². The van der Waals surface area contributed by atoms with Gasteiger partial charge in [-0.2, -0.15) is 0 Å². The first-order valence-electron chi connectivity index (χ1n) is 5.93. The zero-order chi connectivity index (χ0) is 13.8. The van der Waals surface area contributed by atoms with Gasteiger partial charge >= 0.3 is 6.09 Å². The number of likely N-dealkylation sites (tertiary alicyclic amines) is 1. The van der Waals surface area contributed by atoms with Crippen LogP contribution in [0.4, 0.5) is 4.79 Å². The second-order valence-corrected chi connectivity index (χ2v) is 6.10. The molecule has 1 saturated heterocycles. The summed E-state index contributed by atoms with van der Waals surface area (Å²) < 4.78 is 31.2. The molecule has 1 aliphatic heterocycles. The van der Waals surface area contributed by atoms with Crippen molar-refractivity contribution in [2.45, 2.75) is 45.3 Å². The van der Waals surface area contributed by atoms with Crippen molar-refractivity contribution < 1.29 is 23.0 Å². The van der Waals surface area contributed by atoms with Crippen LogP contribution in [0.15, 0.2) is 0 Å². The van der Waals surface area contributed by atoms with Gasteiger partial charge in [0, 0.05) is 13.1 Å². The highest BCUT2D eigenvalue weighted by Crippen LogP contribution is 2.17. The highest BCUT2D eigenvalue weighted by molar-refractivity contribution is 7.78. The molecule has 1 heterocycles. The Hall–Kier alpha value is -0.660. The summed E-state index contributed by atoms with van der Waals surface area (Å²) in [5.41, 5.74) is -0.496. The van der Waals surface area contributed by atoms with Crippen molar-refractivity contribution in [2.24, 2.45) is 0 Å². The number of nitrogens with zero attached hydrogens (tertiary/aromatic N) is 1. The van der Waals surface area contributed by atoms with Crippen molar-refractivity contribution in [3.63, 3.8) is 0 Å². The lowest BCUT2D eigenvalue weighted by molar-refractivity contribution is -0.00187. The van der Waals surface area contributed by atoms with Gasteiger partial charge in [0.2, 0.25) is 0 Å². The Bertz CT molecular complexity index is 307. The summed E-state index contributed by atoms with van der Waals surface area (Å²) in [6.45, 7) is 6.54. The fraction of sp³-hybridized carbons (Fsp3) is 0.909. The molecule has 0 bridgehead atoms. The molecule has 1 rings (SSSR count). The zero-order valence-electron chi connectivity index (χ0n) is 11.0. The molecule has 106 valence electrons. The first-order valence-corrected chi connectivity index (χ1v) is 7.18. The van der Waals surface area contributed by atoms with E-state index in [9.17, 15) is 13.6 Å². The van der Waals surface area contributed by atoms with Crippen LogP contribution in [0.2, 0.25) is 0 Å². The largest absolute Gasteiger partial charge is 0.771 e. The second-order valence-electron chi connectivity index (χ2n) is 5.26. The van der Waals surface area contributed by atoms with Crippen LogP contribution in [0.3, 0.4) is 0 Å². The fourth-order valence-electron chi connectivity index (χ4n) is 1.68. The summed E-state index contributed by atoms with van der Waals surface area (Å²) in [7, 11) is 0. The molecule has 0 aliphatic carbocycles. The lowest BCUT2D eigenvalue weighted by atomic mass is 10.1. The average Bonchev–Trinajstić information content (AvgIpc) is 2.24. The molecular formula is C11H20NO5S-. The van der Waals surface area contributed by atoms with E-state index < -0.39 is 16.7 Å². The number of piperidine rings is 1. The predicted molar refractivity (Wildman–Crippen MR) is 65.7 cm³/mol. The van der Waals surface area contributed by atoms with Gasteiger partial charge in [0.25, 0.3) is 0 Å². The zero-order valence-corrected chi connectivity index (χ0v) is 11.8. The third-order valence-corrected chi connectivity index (χ3v) is 2.82. The van der Waals surface area contributed by atoms with Gasteiger partial charge in [-0.25, -0.2) is 4.79 Å². The molecule has 7 heteroatoms. The van der Waals surface area contributed by atoms with Gasteiger partial charge in [-0.05, 0) is 44.7 Å². The standard InChI is InChI=1S/C11H21NO5S/c1-11(2,3)17-10(13)12-6-4-9(5-7-12)16-8-18(14)15/h9H,4-8H2,1-3H3,(H,14,15)/p-1. The van der Waals surface area contributed by atoms with Gasteiger partial charge in [-0.3, -0.25) is 4.21 Å². The van der Waals surface area contributed by atoms with Gasteiger partial charge < -0.3 is 18.9 Å². The minimum Gasteiger partial charge on any atom is -0.771 e. The van der Waals surface area contributed by atoms with E-state index in [1.165, 1.54) is 0 Å². The molecule has 1 unspecified atom stereocenters. The van der Waals surface area contributed by atoms with Crippen molar-refractivity contribution in [3.05, 3.63) is 0 Å². The molecule has 0 radical (unpaired) electrons. The van der Waals surface area contributed by atoms with Crippen molar-refractivity contribution in [1.29, 1.82) is 0 Å². The van der Waals surface area contributed by atoms with E-state index in [0.29, 0.717) is 25.9 Å². The summed E-state index contributed by atoms with van der Waals surface area (Å²) in [6.07, 6.45) is 0.849. The monoisotopic (exact) mass is 278 g/mol. The van der Waals surface area contributed by atoms with Gasteiger partial charge in [0.05, 0.1) is 6.10 Å². The van der Waals surface area contributed by atoms with Gasteiger partial charge in [-0.1, -0.05) is 0 Å². The third-order valence-electron chi connectivity index (χ3n) is 2.49. The predicted octanol–water partition coefficient (Wildman–Crippen LogP) is 1.24. The van der Waals surface area contributed by atoms with E-state index in [2.05, 4.69) is 0 Å². The summed E-state index contributed by atoms with van der Waals surface area (Å²) in [6, 6.07) is 0. The Labute approximate surface area is 110 Å². The van der Waals surface area contributed by atoms with Crippen LogP contribution >= 0.6 is 0 Å². The molecule has 1 aliphatic rings. The summed E-state index contributed by atoms with van der Waals surface area (Å²) in [5.74, 6) is -0.281. The first-order chi connectivity index (χ1) is 8.28. The molecule has 0 aromatic carbocycles. The van der Waals surface area contributed by atoms with Crippen molar-refractivity contribution in [1.82, 2.24) is 4.90 Å². The van der Waals surface area contributed by atoms with Crippen LogP contribution in [0.5, 0.6) is 0 Å². The Morgan fingerprint density at radius 3 is 2.39 bits per heavy atom. The van der Waals surface area contributed by atoms with E-state index in [0.717, 1.165) is 0 Å². The molecule has 1 amide bonds. The number of ether oxygens (including phenoxy) is 2. The van der Waals surface area contributed by atoms with Gasteiger partial charge in [0.1, 0.15) is 11.5 Å². The lowest BCUT2D eigenvalue weighted by Gasteiger charge is -2.33. The maximum atomic E-state index is 11.8. The molecule has 1 atom stereocenters. The van der Waals surface area contributed by atoms with Crippen LogP contribution < -0.4 is 0 Å². The number of carbonyl (C=O) groups excluding carboxylic acids is 1. The lowest BCUT2D eigenvalue weighted by Crippen LogP contribution is -2.43. The molecular weight excluding hydrogens is 258 g/mol. The van der Waals surface area contributed by atoms with Crippen LogP contribution in [-0.4, -0.2) is 50.5 Å². The van der Waals surface area contributed by atoms with Crippen molar-refractivity contribution in [2.75, 3.05) is 19.0 Å². The Morgan fingerprint density at radius 1 is 1.39 bits per heavy atom. The van der Waals surface area contributed by atoms with Crippen LogP contribution in [0.25, 0.3) is 0 Å². The number of amides is 1. The minimum absolute atomic E-state index is 0.0958. The SMILES string of the molecule is CC(C)(C)OC(=O)N1CCC(OCS(=O)[O-])CC1. The summed E-state index contributed by atoms with van der Waals surface area (Å²) in [4.78, 5) is 13.4. The molecule has 0 spiro atoms. The molecule has 18 heavy (non-hydrogen) atoms. The Balaban J connectivity index is 2.30. The highest BCUT2D eigenvalue weighted by Gasteiger charge is 2.26. The maximum Gasteiger partial charge on any atom is 0.410 e. The van der Waals surface area contributed by atoms with Crippen LogP contribution in [0, 0.1) is 0 Å². The molecule has 6 nitrogen and oxygen atoms in total.